The van der Waals surface area contributed by atoms with Crippen molar-refractivity contribution < 1.29 is 13.2 Å². The number of fused-ring (bicyclic) bond motifs is 3. The monoisotopic (exact) mass is 543 g/mol. The van der Waals surface area contributed by atoms with Crippen LogP contribution in [0.1, 0.15) is 29.5 Å². The van der Waals surface area contributed by atoms with Gasteiger partial charge in [0.2, 0.25) is 15.9 Å². The highest BCUT2D eigenvalue weighted by atomic mass is 35.5. The highest BCUT2D eigenvalue weighted by molar-refractivity contribution is 7.91. The molecule has 9 heteroatoms. The molecule has 3 atom stereocenters. The van der Waals surface area contributed by atoms with Gasteiger partial charge in [-0.1, -0.05) is 48.0 Å². The molecule has 0 spiro atoms. The quantitative estimate of drug-likeness (QED) is 0.421. The van der Waals surface area contributed by atoms with Crippen LogP contribution in [0.4, 0.5) is 5.69 Å². The zero-order valence-corrected chi connectivity index (χ0v) is 22.5. The summed E-state index contributed by atoms with van der Waals surface area (Å²) in [7, 11) is -1.67. The van der Waals surface area contributed by atoms with Crippen molar-refractivity contribution in [3.8, 4) is 0 Å². The standard InChI is InChI=1S/C27H30ClN3O3S2/c1-31(16-18-5-3-2-4-6-18)17-25(32)29-23-10-9-19-13-20-7-8-21(14-22(19)15-23)27(20)30-36(33,34)26-12-11-24(28)35-26/h2-6,9-12,15,20-21,27,30H,7-8,13-14,16-17H2,1H3,(H,29,32). The number of carbonyl (C=O) groups is 1. The van der Waals surface area contributed by atoms with Crippen LogP contribution in [0.15, 0.2) is 64.9 Å². The number of rotatable bonds is 8. The van der Waals surface area contributed by atoms with Crippen LogP contribution in [-0.2, 0) is 34.2 Å². The summed E-state index contributed by atoms with van der Waals surface area (Å²) in [6.45, 7) is 1.00. The lowest BCUT2D eigenvalue weighted by atomic mass is 9.93. The van der Waals surface area contributed by atoms with E-state index < -0.39 is 10.0 Å². The minimum atomic E-state index is -3.60. The van der Waals surface area contributed by atoms with E-state index in [2.05, 4.69) is 34.3 Å². The van der Waals surface area contributed by atoms with E-state index in [9.17, 15) is 13.2 Å². The minimum Gasteiger partial charge on any atom is -0.325 e. The third-order valence-corrected chi connectivity index (χ3v) is 10.4. The van der Waals surface area contributed by atoms with Crippen LogP contribution in [0.5, 0.6) is 0 Å². The Balaban J connectivity index is 1.24. The highest BCUT2D eigenvalue weighted by Crippen LogP contribution is 2.41. The van der Waals surface area contributed by atoms with Crippen molar-refractivity contribution in [3.05, 3.63) is 81.7 Å². The van der Waals surface area contributed by atoms with E-state index in [0.717, 1.165) is 42.7 Å². The lowest BCUT2D eigenvalue weighted by molar-refractivity contribution is -0.117. The number of nitrogens with zero attached hydrogens (tertiary/aromatic N) is 1. The Hall–Kier alpha value is -2.23. The Morgan fingerprint density at radius 3 is 2.44 bits per heavy atom. The largest absolute Gasteiger partial charge is 0.325 e. The fourth-order valence-corrected chi connectivity index (χ4v) is 8.43. The van der Waals surface area contributed by atoms with E-state index in [1.165, 1.54) is 16.7 Å². The summed E-state index contributed by atoms with van der Waals surface area (Å²) in [5.41, 5.74) is 4.39. The summed E-state index contributed by atoms with van der Waals surface area (Å²) in [6.07, 6.45) is 3.62. The molecule has 5 rings (SSSR count). The first-order valence-electron chi connectivity index (χ1n) is 12.2. The van der Waals surface area contributed by atoms with Gasteiger partial charge in [-0.2, -0.15) is 0 Å². The number of amides is 1. The second-order valence-corrected chi connectivity index (χ2v) is 13.6. The molecule has 6 nitrogen and oxygen atoms in total. The van der Waals surface area contributed by atoms with Crippen molar-refractivity contribution in [3.63, 3.8) is 0 Å². The Labute approximate surface area is 221 Å². The van der Waals surface area contributed by atoms with Gasteiger partial charge in [-0.25, -0.2) is 13.1 Å². The van der Waals surface area contributed by atoms with Gasteiger partial charge >= 0.3 is 0 Å². The van der Waals surface area contributed by atoms with E-state index in [0.29, 0.717) is 17.4 Å². The molecular formula is C27H30ClN3O3S2. The van der Waals surface area contributed by atoms with Gasteiger partial charge in [-0.3, -0.25) is 9.69 Å². The molecule has 3 aromatic rings. The molecule has 36 heavy (non-hydrogen) atoms. The van der Waals surface area contributed by atoms with Gasteiger partial charge in [-0.15, -0.1) is 11.3 Å². The summed E-state index contributed by atoms with van der Waals surface area (Å²) in [4.78, 5) is 14.7. The summed E-state index contributed by atoms with van der Waals surface area (Å²) in [6, 6.07) is 19.3. The Morgan fingerprint density at radius 1 is 1.03 bits per heavy atom. The molecule has 3 unspecified atom stereocenters. The number of hydrogen-bond acceptors (Lipinski definition) is 5. The maximum Gasteiger partial charge on any atom is 0.250 e. The van der Waals surface area contributed by atoms with Crippen molar-refractivity contribution in [1.29, 1.82) is 0 Å². The lowest BCUT2D eigenvalue weighted by Gasteiger charge is -2.23. The number of benzene rings is 2. The fraction of sp³-hybridized carbons (Fsp3) is 0.370. The van der Waals surface area contributed by atoms with E-state index in [4.69, 9.17) is 11.6 Å². The van der Waals surface area contributed by atoms with Gasteiger partial charge in [0.15, 0.2) is 0 Å². The summed E-state index contributed by atoms with van der Waals surface area (Å²) in [5.74, 6) is 0.432. The molecule has 2 aliphatic rings. The molecule has 2 N–H and O–H groups in total. The zero-order chi connectivity index (χ0) is 25.3. The molecule has 0 saturated heterocycles. The fourth-order valence-electron chi connectivity index (χ4n) is 5.56. The zero-order valence-electron chi connectivity index (χ0n) is 20.1. The molecule has 0 radical (unpaired) electrons. The normalized spacial score (nSPS) is 21.2. The van der Waals surface area contributed by atoms with Crippen molar-refractivity contribution in [2.45, 2.75) is 42.5 Å². The lowest BCUT2D eigenvalue weighted by Crippen LogP contribution is -2.41. The van der Waals surface area contributed by atoms with Gasteiger partial charge in [0.1, 0.15) is 4.21 Å². The average Bonchev–Trinajstić information content (AvgIpc) is 3.38. The number of sulfonamides is 1. The van der Waals surface area contributed by atoms with Gasteiger partial charge in [0.05, 0.1) is 10.9 Å². The molecule has 2 bridgehead atoms. The van der Waals surface area contributed by atoms with E-state index >= 15 is 0 Å². The Morgan fingerprint density at radius 2 is 1.75 bits per heavy atom. The number of likely N-dealkylation sites (N-methyl/N-ethyl adjacent to an activating group) is 1. The minimum absolute atomic E-state index is 0.0521. The van der Waals surface area contributed by atoms with Gasteiger partial charge in [-0.05, 0) is 85.5 Å². The molecule has 2 aliphatic carbocycles. The predicted octanol–water partition coefficient (Wildman–Crippen LogP) is 4.94. The first-order chi connectivity index (χ1) is 17.3. The van der Waals surface area contributed by atoms with Crippen molar-refractivity contribution >= 4 is 44.6 Å². The summed E-state index contributed by atoms with van der Waals surface area (Å²) >= 11 is 7.06. The van der Waals surface area contributed by atoms with Crippen molar-refractivity contribution in [1.82, 2.24) is 9.62 Å². The maximum absolute atomic E-state index is 13.0. The molecule has 1 saturated carbocycles. The highest BCUT2D eigenvalue weighted by Gasteiger charge is 2.41. The third-order valence-electron chi connectivity index (χ3n) is 7.19. The molecule has 1 fully saturated rings. The first-order valence-corrected chi connectivity index (χ1v) is 14.9. The topological polar surface area (TPSA) is 78.5 Å². The van der Waals surface area contributed by atoms with Crippen molar-refractivity contribution in [2.24, 2.45) is 11.8 Å². The molecule has 1 amide bonds. The Bertz CT molecular complexity index is 1340. The second-order valence-electron chi connectivity index (χ2n) is 9.90. The van der Waals surface area contributed by atoms with Crippen LogP contribution in [0.25, 0.3) is 0 Å². The molecule has 1 aromatic heterocycles. The van der Waals surface area contributed by atoms with E-state index in [-0.39, 0.29) is 28.0 Å². The van der Waals surface area contributed by atoms with Crippen LogP contribution in [0.2, 0.25) is 4.34 Å². The van der Waals surface area contributed by atoms with E-state index in [1.54, 1.807) is 12.1 Å². The number of halogens is 1. The summed E-state index contributed by atoms with van der Waals surface area (Å²) in [5, 5.41) is 3.04. The number of thiophene rings is 1. The predicted molar refractivity (Wildman–Crippen MR) is 145 cm³/mol. The van der Waals surface area contributed by atoms with Gasteiger partial charge in [0, 0.05) is 18.3 Å². The molecule has 190 valence electrons. The first kappa shape index (κ1) is 25.4. The SMILES string of the molecule is CN(CC(=O)Nc1ccc2c(c1)CC1CCC(C2)C1NS(=O)(=O)c1ccc(Cl)s1)Cc1ccccc1. The van der Waals surface area contributed by atoms with Crippen LogP contribution < -0.4 is 10.0 Å². The number of hydrogen-bond donors (Lipinski definition) is 2. The molecule has 1 heterocycles. The molecular weight excluding hydrogens is 514 g/mol. The van der Waals surface area contributed by atoms with Crippen LogP contribution in [-0.4, -0.2) is 38.9 Å². The number of nitrogens with one attached hydrogen (secondary N) is 2. The van der Waals surface area contributed by atoms with E-state index in [1.807, 2.05) is 36.2 Å². The van der Waals surface area contributed by atoms with Crippen LogP contribution >= 0.6 is 22.9 Å². The van der Waals surface area contributed by atoms with Gasteiger partial charge < -0.3 is 5.32 Å². The average molecular weight is 544 g/mol. The Kier molecular flexibility index (Phi) is 7.51. The molecule has 2 aromatic carbocycles. The maximum atomic E-state index is 13.0. The van der Waals surface area contributed by atoms with Crippen molar-refractivity contribution in [2.75, 3.05) is 18.9 Å². The van der Waals surface area contributed by atoms with Crippen LogP contribution in [0, 0.1) is 11.8 Å². The van der Waals surface area contributed by atoms with Crippen LogP contribution in [0.3, 0.4) is 0 Å². The second kappa shape index (κ2) is 10.6. The third kappa shape index (κ3) is 5.84. The van der Waals surface area contributed by atoms with Gasteiger partial charge in [0.25, 0.3) is 0 Å². The summed E-state index contributed by atoms with van der Waals surface area (Å²) < 4.78 is 29.7. The molecule has 0 aliphatic heterocycles. The smallest absolute Gasteiger partial charge is 0.250 e. The number of anilines is 1. The number of carbonyl (C=O) groups excluding carboxylic acids is 1.